The van der Waals surface area contributed by atoms with E-state index in [9.17, 15) is 4.79 Å². The van der Waals surface area contributed by atoms with Gasteiger partial charge in [0.1, 0.15) is 6.29 Å². The highest BCUT2D eigenvalue weighted by Gasteiger charge is 2.18. The first-order valence-corrected chi connectivity index (χ1v) is 3.06. The molecule has 1 saturated heterocycles. The molecule has 1 rings (SSSR count). The van der Waals surface area contributed by atoms with Gasteiger partial charge in [0.15, 0.2) is 0 Å². The van der Waals surface area contributed by atoms with Crippen LogP contribution < -0.4 is 0 Å². The summed E-state index contributed by atoms with van der Waals surface area (Å²) >= 11 is 0. The summed E-state index contributed by atoms with van der Waals surface area (Å²) in [5.41, 5.74) is 0. The van der Waals surface area contributed by atoms with Crippen molar-refractivity contribution in [2.45, 2.75) is 6.42 Å². The smallest absolute Gasteiger partial charge is 0.124 e. The van der Waals surface area contributed by atoms with Crippen molar-refractivity contribution in [1.82, 2.24) is 4.90 Å². The number of nitrogens with zero attached hydrogens (tertiary/aromatic N) is 1. The van der Waals surface area contributed by atoms with Gasteiger partial charge in [0.25, 0.3) is 0 Å². The fraction of sp³-hybridized carbons (Fsp3) is 0.667. The number of nitrogens with one attached hydrogen (secondary N) is 1. The van der Waals surface area contributed by atoms with E-state index in [1.165, 1.54) is 6.34 Å². The predicted molar refractivity (Wildman–Crippen MR) is 34.5 cm³/mol. The van der Waals surface area contributed by atoms with E-state index in [0.29, 0.717) is 0 Å². The number of carbonyl (C=O) groups excluding carboxylic acids is 1. The molecule has 3 heteroatoms. The van der Waals surface area contributed by atoms with E-state index in [0.717, 1.165) is 25.8 Å². The maximum absolute atomic E-state index is 10.2. The minimum atomic E-state index is 0.173. The molecule has 0 bridgehead atoms. The van der Waals surface area contributed by atoms with Crippen molar-refractivity contribution in [2.75, 3.05) is 13.1 Å². The van der Waals surface area contributed by atoms with Crippen LogP contribution in [0.3, 0.4) is 0 Å². The monoisotopic (exact) mass is 126 g/mol. The summed E-state index contributed by atoms with van der Waals surface area (Å²) in [5, 5.41) is 6.85. The van der Waals surface area contributed by atoms with Crippen molar-refractivity contribution in [2.24, 2.45) is 5.92 Å². The summed E-state index contributed by atoms with van der Waals surface area (Å²) in [6.45, 7) is 1.61. The highest BCUT2D eigenvalue weighted by Crippen LogP contribution is 2.10. The van der Waals surface area contributed by atoms with Crippen molar-refractivity contribution in [3.8, 4) is 0 Å². The summed E-state index contributed by atoms with van der Waals surface area (Å²) in [5.74, 6) is 0.173. The molecule has 0 aromatic heterocycles. The topological polar surface area (TPSA) is 44.2 Å². The number of likely N-dealkylation sites (tertiary alicyclic amines) is 1. The number of rotatable bonds is 2. The van der Waals surface area contributed by atoms with Crippen LogP contribution in [0.15, 0.2) is 0 Å². The SMILES string of the molecule is N=CN1CCC(C=O)C1. The van der Waals surface area contributed by atoms with E-state index in [1.807, 2.05) is 4.90 Å². The molecule has 1 fully saturated rings. The van der Waals surface area contributed by atoms with Crippen LogP contribution >= 0.6 is 0 Å². The molecule has 1 unspecified atom stereocenters. The molecule has 0 aromatic rings. The van der Waals surface area contributed by atoms with Gasteiger partial charge in [-0.1, -0.05) is 0 Å². The first kappa shape index (κ1) is 6.26. The van der Waals surface area contributed by atoms with Crippen LogP contribution in [0.4, 0.5) is 0 Å². The van der Waals surface area contributed by atoms with Gasteiger partial charge in [-0.15, -0.1) is 0 Å². The largest absolute Gasteiger partial charge is 0.362 e. The lowest BCUT2D eigenvalue weighted by Crippen LogP contribution is -2.17. The number of hydrogen-bond acceptors (Lipinski definition) is 2. The Bertz CT molecular complexity index is 110. The predicted octanol–water partition coefficient (Wildman–Crippen LogP) is 0.114. The highest BCUT2D eigenvalue weighted by atomic mass is 16.1. The van der Waals surface area contributed by atoms with Gasteiger partial charge in [-0.05, 0) is 6.42 Å². The molecule has 0 spiro atoms. The molecule has 0 aliphatic carbocycles. The van der Waals surface area contributed by atoms with E-state index >= 15 is 0 Å². The summed E-state index contributed by atoms with van der Waals surface area (Å²) in [7, 11) is 0. The molecule has 50 valence electrons. The minimum absolute atomic E-state index is 0.173. The Labute approximate surface area is 54.2 Å². The Morgan fingerprint density at radius 3 is 2.78 bits per heavy atom. The van der Waals surface area contributed by atoms with Crippen molar-refractivity contribution in [3.63, 3.8) is 0 Å². The van der Waals surface area contributed by atoms with Crippen molar-refractivity contribution in [3.05, 3.63) is 0 Å². The molecule has 0 saturated carbocycles. The Balaban J connectivity index is 2.36. The molecule has 1 aliphatic rings. The van der Waals surface area contributed by atoms with Crippen LogP contribution in [-0.4, -0.2) is 30.6 Å². The Hall–Kier alpha value is -0.860. The molecule has 1 aliphatic heterocycles. The van der Waals surface area contributed by atoms with E-state index in [-0.39, 0.29) is 5.92 Å². The Kier molecular flexibility index (Phi) is 1.82. The lowest BCUT2D eigenvalue weighted by Gasteiger charge is -2.07. The van der Waals surface area contributed by atoms with Gasteiger partial charge >= 0.3 is 0 Å². The molecule has 0 amide bonds. The fourth-order valence-electron chi connectivity index (χ4n) is 1.04. The molecule has 3 nitrogen and oxygen atoms in total. The molecular formula is C6H10N2O. The third kappa shape index (κ3) is 1.28. The van der Waals surface area contributed by atoms with E-state index < -0.39 is 0 Å². The van der Waals surface area contributed by atoms with E-state index in [4.69, 9.17) is 5.41 Å². The van der Waals surface area contributed by atoms with Crippen molar-refractivity contribution >= 4 is 12.6 Å². The zero-order chi connectivity index (χ0) is 6.69. The molecule has 0 aromatic carbocycles. The Morgan fingerprint density at radius 1 is 1.67 bits per heavy atom. The van der Waals surface area contributed by atoms with Crippen LogP contribution in [0.25, 0.3) is 0 Å². The normalized spacial score (nSPS) is 26.2. The quantitative estimate of drug-likeness (QED) is 0.324. The molecule has 1 atom stereocenters. The number of carbonyl (C=O) groups is 1. The number of hydrogen-bond donors (Lipinski definition) is 1. The van der Waals surface area contributed by atoms with E-state index in [1.54, 1.807) is 0 Å². The standard InChI is InChI=1S/C6H10N2O/c7-5-8-2-1-6(3-8)4-9/h4-7H,1-3H2. The fourth-order valence-corrected chi connectivity index (χ4v) is 1.04. The molecule has 1 heterocycles. The van der Waals surface area contributed by atoms with Crippen LogP contribution in [-0.2, 0) is 4.79 Å². The van der Waals surface area contributed by atoms with Gasteiger partial charge in [0, 0.05) is 19.0 Å². The summed E-state index contributed by atoms with van der Waals surface area (Å²) in [6, 6.07) is 0. The van der Waals surface area contributed by atoms with Crippen molar-refractivity contribution in [1.29, 1.82) is 5.41 Å². The van der Waals surface area contributed by atoms with Gasteiger partial charge in [-0.2, -0.15) is 0 Å². The zero-order valence-corrected chi connectivity index (χ0v) is 5.21. The molecule has 0 radical (unpaired) electrons. The van der Waals surface area contributed by atoms with Crippen LogP contribution in [0.2, 0.25) is 0 Å². The van der Waals surface area contributed by atoms with Gasteiger partial charge in [-0.25, -0.2) is 0 Å². The molecule has 9 heavy (non-hydrogen) atoms. The second-order valence-corrected chi connectivity index (χ2v) is 2.31. The van der Waals surface area contributed by atoms with E-state index in [2.05, 4.69) is 0 Å². The van der Waals surface area contributed by atoms with Gasteiger partial charge in [0.2, 0.25) is 0 Å². The lowest BCUT2D eigenvalue weighted by molar-refractivity contribution is -0.110. The maximum Gasteiger partial charge on any atom is 0.124 e. The molecule has 1 N–H and O–H groups in total. The van der Waals surface area contributed by atoms with Crippen LogP contribution in [0.5, 0.6) is 0 Å². The highest BCUT2D eigenvalue weighted by molar-refractivity contribution is 5.58. The number of aldehydes is 1. The van der Waals surface area contributed by atoms with Gasteiger partial charge in [-0.3, -0.25) is 5.41 Å². The Morgan fingerprint density at radius 2 is 2.44 bits per heavy atom. The summed E-state index contributed by atoms with van der Waals surface area (Å²) in [4.78, 5) is 12.0. The van der Waals surface area contributed by atoms with Gasteiger partial charge < -0.3 is 9.69 Å². The zero-order valence-electron chi connectivity index (χ0n) is 5.21. The third-order valence-corrected chi connectivity index (χ3v) is 1.63. The lowest BCUT2D eigenvalue weighted by atomic mass is 10.1. The average molecular weight is 126 g/mol. The molecular weight excluding hydrogens is 116 g/mol. The van der Waals surface area contributed by atoms with Crippen molar-refractivity contribution < 1.29 is 4.79 Å². The van der Waals surface area contributed by atoms with Crippen LogP contribution in [0.1, 0.15) is 6.42 Å². The average Bonchev–Trinajstić information content (AvgIpc) is 2.34. The van der Waals surface area contributed by atoms with Gasteiger partial charge in [0.05, 0.1) is 6.34 Å². The first-order valence-electron chi connectivity index (χ1n) is 3.06. The second-order valence-electron chi connectivity index (χ2n) is 2.31. The maximum atomic E-state index is 10.2. The summed E-state index contributed by atoms with van der Waals surface area (Å²) < 4.78 is 0. The minimum Gasteiger partial charge on any atom is -0.362 e. The summed E-state index contributed by atoms with van der Waals surface area (Å²) in [6.07, 6.45) is 3.19. The second kappa shape index (κ2) is 2.62. The van der Waals surface area contributed by atoms with Crippen LogP contribution in [0, 0.1) is 11.3 Å². The first-order chi connectivity index (χ1) is 4.36. The third-order valence-electron chi connectivity index (χ3n) is 1.63.